The van der Waals surface area contributed by atoms with Crippen LogP contribution >= 0.6 is 11.8 Å². The molecule has 2 rings (SSSR count). The molecule has 3 heteroatoms. The molecular weight excluding hydrogens is 206 g/mol. The van der Waals surface area contributed by atoms with Crippen LogP contribution in [0.15, 0.2) is 30.5 Å². The van der Waals surface area contributed by atoms with E-state index in [9.17, 15) is 0 Å². The molecular formula is C12H15NOS. The van der Waals surface area contributed by atoms with Crippen LogP contribution in [0.3, 0.4) is 0 Å². The maximum atomic E-state index is 9.09. The lowest BCUT2D eigenvalue weighted by Gasteiger charge is -2.04. The van der Waals surface area contributed by atoms with Crippen LogP contribution in [0.5, 0.6) is 0 Å². The van der Waals surface area contributed by atoms with Crippen LogP contribution in [0.25, 0.3) is 10.9 Å². The van der Waals surface area contributed by atoms with Crippen molar-refractivity contribution in [1.29, 1.82) is 0 Å². The Kier molecular flexibility index (Phi) is 3.34. The second-order valence-electron chi connectivity index (χ2n) is 3.55. The zero-order valence-corrected chi connectivity index (χ0v) is 9.63. The number of nitrogens with zero attached hydrogens (tertiary/aromatic N) is 1. The van der Waals surface area contributed by atoms with Gasteiger partial charge in [-0.3, -0.25) is 0 Å². The van der Waals surface area contributed by atoms with E-state index in [1.807, 2.05) is 17.8 Å². The smallest absolute Gasteiger partial charge is 0.0682 e. The summed E-state index contributed by atoms with van der Waals surface area (Å²) in [6, 6.07) is 8.23. The van der Waals surface area contributed by atoms with E-state index in [1.165, 1.54) is 10.9 Å². The third kappa shape index (κ3) is 2.19. The van der Waals surface area contributed by atoms with Gasteiger partial charge >= 0.3 is 0 Å². The Morgan fingerprint density at radius 3 is 2.93 bits per heavy atom. The van der Waals surface area contributed by atoms with Crippen molar-refractivity contribution in [3.8, 4) is 0 Å². The van der Waals surface area contributed by atoms with Gasteiger partial charge in [-0.05, 0) is 29.3 Å². The quantitative estimate of drug-likeness (QED) is 0.858. The van der Waals surface area contributed by atoms with Gasteiger partial charge in [-0.1, -0.05) is 12.1 Å². The van der Waals surface area contributed by atoms with Gasteiger partial charge in [0.25, 0.3) is 0 Å². The van der Waals surface area contributed by atoms with Crippen molar-refractivity contribution in [2.24, 2.45) is 0 Å². The molecule has 80 valence electrons. The van der Waals surface area contributed by atoms with Crippen LogP contribution < -0.4 is 0 Å². The summed E-state index contributed by atoms with van der Waals surface area (Å²) in [5.74, 6) is 1.12. The van der Waals surface area contributed by atoms with Gasteiger partial charge in [-0.25, -0.2) is 0 Å². The summed E-state index contributed by atoms with van der Waals surface area (Å²) in [4.78, 5) is 0. The Morgan fingerprint density at radius 2 is 2.20 bits per heavy atom. The Bertz CT molecular complexity index is 450. The summed E-state index contributed by atoms with van der Waals surface area (Å²) in [5.41, 5.74) is 2.20. The number of benzene rings is 1. The Morgan fingerprint density at radius 1 is 1.33 bits per heavy atom. The summed E-state index contributed by atoms with van der Waals surface area (Å²) in [6.07, 6.45) is 4.23. The van der Waals surface area contributed by atoms with E-state index < -0.39 is 0 Å². The second-order valence-corrected chi connectivity index (χ2v) is 4.54. The molecule has 0 radical (unpaired) electrons. The van der Waals surface area contributed by atoms with E-state index in [1.54, 1.807) is 0 Å². The Labute approximate surface area is 93.9 Å². The van der Waals surface area contributed by atoms with Gasteiger partial charge in [-0.2, -0.15) is 11.8 Å². The molecule has 0 spiro atoms. The first-order chi connectivity index (χ1) is 7.35. The molecule has 0 saturated heterocycles. The summed E-state index contributed by atoms with van der Waals surface area (Å²) < 4.78 is 2.24. The van der Waals surface area contributed by atoms with Crippen LogP contribution in [0, 0.1) is 0 Å². The lowest BCUT2D eigenvalue weighted by Crippen LogP contribution is -1.98. The number of thioether (sulfide) groups is 1. The average Bonchev–Trinajstić information content (AvgIpc) is 2.68. The third-order valence-electron chi connectivity index (χ3n) is 2.56. The largest absolute Gasteiger partial charge is 0.392 e. The standard InChI is InChI=1S/C12H15NOS/c1-15-7-6-13-5-4-11-3-2-10(9-14)8-12(11)13/h2-5,8,14H,6-7,9H2,1H3. The molecule has 15 heavy (non-hydrogen) atoms. The van der Waals surface area contributed by atoms with Crippen molar-refractivity contribution in [2.75, 3.05) is 12.0 Å². The van der Waals surface area contributed by atoms with E-state index in [0.717, 1.165) is 17.9 Å². The Hall–Kier alpha value is -0.930. The van der Waals surface area contributed by atoms with Crippen molar-refractivity contribution in [3.63, 3.8) is 0 Å². The monoisotopic (exact) mass is 221 g/mol. The highest BCUT2D eigenvalue weighted by Crippen LogP contribution is 2.18. The molecule has 0 aliphatic carbocycles. The van der Waals surface area contributed by atoms with Crippen LogP contribution in [0.2, 0.25) is 0 Å². The summed E-state index contributed by atoms with van der Waals surface area (Å²) in [5, 5.41) is 10.3. The maximum absolute atomic E-state index is 9.09. The normalized spacial score (nSPS) is 11.1. The number of hydrogen-bond acceptors (Lipinski definition) is 2. The minimum absolute atomic E-state index is 0.115. The van der Waals surface area contributed by atoms with E-state index in [2.05, 4.69) is 35.2 Å². The molecule has 1 heterocycles. The van der Waals surface area contributed by atoms with Crippen LogP contribution in [-0.2, 0) is 13.2 Å². The van der Waals surface area contributed by atoms with Gasteiger partial charge in [0.05, 0.1) is 6.61 Å². The molecule has 1 N–H and O–H groups in total. The van der Waals surface area contributed by atoms with Gasteiger partial charge in [0, 0.05) is 24.0 Å². The van der Waals surface area contributed by atoms with Gasteiger partial charge < -0.3 is 9.67 Å². The summed E-state index contributed by atoms with van der Waals surface area (Å²) in [7, 11) is 0. The topological polar surface area (TPSA) is 25.2 Å². The number of aliphatic hydroxyl groups excluding tert-OH is 1. The van der Waals surface area contributed by atoms with Gasteiger partial charge in [0.15, 0.2) is 0 Å². The minimum Gasteiger partial charge on any atom is -0.392 e. The van der Waals surface area contributed by atoms with Crippen molar-refractivity contribution in [1.82, 2.24) is 4.57 Å². The molecule has 0 amide bonds. The van der Waals surface area contributed by atoms with E-state index in [4.69, 9.17) is 5.11 Å². The van der Waals surface area contributed by atoms with Crippen LogP contribution in [0.1, 0.15) is 5.56 Å². The predicted molar refractivity (Wildman–Crippen MR) is 66.2 cm³/mol. The maximum Gasteiger partial charge on any atom is 0.0682 e. The number of fused-ring (bicyclic) bond motifs is 1. The number of aliphatic hydroxyl groups is 1. The van der Waals surface area contributed by atoms with Crippen LogP contribution in [-0.4, -0.2) is 21.7 Å². The highest BCUT2D eigenvalue weighted by atomic mass is 32.2. The lowest BCUT2D eigenvalue weighted by atomic mass is 10.2. The zero-order valence-electron chi connectivity index (χ0n) is 8.81. The summed E-state index contributed by atoms with van der Waals surface area (Å²) in [6.45, 7) is 1.14. The number of aromatic nitrogens is 1. The molecule has 0 aliphatic rings. The fourth-order valence-corrected chi connectivity index (χ4v) is 2.09. The molecule has 0 fully saturated rings. The second kappa shape index (κ2) is 4.73. The molecule has 0 unspecified atom stereocenters. The number of aryl methyl sites for hydroxylation is 1. The number of rotatable bonds is 4. The van der Waals surface area contributed by atoms with Gasteiger partial charge in [-0.15, -0.1) is 0 Å². The van der Waals surface area contributed by atoms with E-state index >= 15 is 0 Å². The van der Waals surface area contributed by atoms with E-state index in [-0.39, 0.29) is 6.61 Å². The SMILES string of the molecule is CSCCn1ccc2ccc(CO)cc21. The molecule has 2 nitrogen and oxygen atoms in total. The first kappa shape index (κ1) is 10.6. The molecule has 0 bridgehead atoms. The molecule has 0 atom stereocenters. The molecule has 2 aromatic rings. The molecule has 0 saturated carbocycles. The van der Waals surface area contributed by atoms with Gasteiger partial charge in [0.1, 0.15) is 0 Å². The molecule has 0 aliphatic heterocycles. The molecule has 1 aromatic heterocycles. The van der Waals surface area contributed by atoms with E-state index in [0.29, 0.717) is 0 Å². The minimum atomic E-state index is 0.115. The fourth-order valence-electron chi connectivity index (χ4n) is 1.71. The first-order valence-electron chi connectivity index (χ1n) is 5.02. The third-order valence-corrected chi connectivity index (χ3v) is 3.15. The van der Waals surface area contributed by atoms with Gasteiger partial charge in [0.2, 0.25) is 0 Å². The number of hydrogen-bond donors (Lipinski definition) is 1. The lowest BCUT2D eigenvalue weighted by molar-refractivity contribution is 0.282. The van der Waals surface area contributed by atoms with Crippen molar-refractivity contribution < 1.29 is 5.11 Å². The fraction of sp³-hybridized carbons (Fsp3) is 0.333. The van der Waals surface area contributed by atoms with Crippen LogP contribution in [0.4, 0.5) is 0 Å². The zero-order chi connectivity index (χ0) is 10.7. The Balaban J connectivity index is 2.38. The predicted octanol–water partition coefficient (Wildman–Crippen LogP) is 2.50. The molecule has 1 aromatic carbocycles. The average molecular weight is 221 g/mol. The highest BCUT2D eigenvalue weighted by molar-refractivity contribution is 7.98. The van der Waals surface area contributed by atoms with Crippen molar-refractivity contribution in [2.45, 2.75) is 13.2 Å². The first-order valence-corrected chi connectivity index (χ1v) is 6.42. The highest BCUT2D eigenvalue weighted by Gasteiger charge is 2.01. The van der Waals surface area contributed by atoms with Crippen molar-refractivity contribution >= 4 is 22.7 Å². The summed E-state index contributed by atoms with van der Waals surface area (Å²) >= 11 is 1.85. The van der Waals surface area contributed by atoms with Crippen molar-refractivity contribution in [3.05, 3.63) is 36.0 Å².